The number of carbonyl (C=O) groups excluding carboxylic acids is 1. The minimum Gasteiger partial charge on any atom is -0.450 e. The molecule has 1 aliphatic heterocycles. The topological polar surface area (TPSA) is 102 Å². The van der Waals surface area contributed by atoms with Crippen molar-refractivity contribution in [2.75, 3.05) is 19.8 Å². The Morgan fingerprint density at radius 3 is 2.44 bits per heavy atom. The molecule has 34 heavy (non-hydrogen) atoms. The van der Waals surface area contributed by atoms with Gasteiger partial charge in [0, 0.05) is 32.0 Å². The predicted octanol–water partition coefficient (Wildman–Crippen LogP) is 4.07. The second kappa shape index (κ2) is 8.26. The Hall–Kier alpha value is -2.61. The van der Waals surface area contributed by atoms with Gasteiger partial charge in [-0.15, -0.1) is 0 Å². The summed E-state index contributed by atoms with van der Waals surface area (Å²) in [4.78, 5) is 29.3. The van der Waals surface area contributed by atoms with Crippen LogP contribution in [0.3, 0.4) is 0 Å². The quantitative estimate of drug-likeness (QED) is 0.621. The molecular formula is C26H33N3O5. The van der Waals surface area contributed by atoms with Gasteiger partial charge in [-0.05, 0) is 73.8 Å². The van der Waals surface area contributed by atoms with Gasteiger partial charge in [0.05, 0.1) is 18.9 Å². The van der Waals surface area contributed by atoms with Crippen molar-refractivity contribution in [2.24, 2.45) is 23.2 Å². The summed E-state index contributed by atoms with van der Waals surface area (Å²) in [6.07, 6.45) is 9.86. The number of imidazole rings is 1. The molecular weight excluding hydrogens is 434 g/mol. The largest absolute Gasteiger partial charge is 0.506 e. The number of pyridine rings is 1. The molecule has 1 amide bonds. The van der Waals surface area contributed by atoms with Gasteiger partial charge < -0.3 is 19.9 Å². The Balaban J connectivity index is 1.19. The number of hydrogen-bond acceptors (Lipinski definition) is 5. The maximum atomic E-state index is 13.3. The van der Waals surface area contributed by atoms with E-state index in [-0.39, 0.29) is 11.3 Å². The van der Waals surface area contributed by atoms with Crippen molar-refractivity contribution in [3.05, 3.63) is 35.8 Å². The number of amides is 1. The lowest BCUT2D eigenvalue weighted by molar-refractivity contribution is -0.0849. The molecule has 2 N–H and O–H groups in total. The van der Waals surface area contributed by atoms with E-state index in [1.807, 2.05) is 28.8 Å². The smallest absolute Gasteiger partial charge is 0.450 e. The van der Waals surface area contributed by atoms with Crippen molar-refractivity contribution in [1.29, 1.82) is 0 Å². The van der Waals surface area contributed by atoms with Gasteiger partial charge in [0.15, 0.2) is 0 Å². The minimum absolute atomic E-state index is 0.0761. The van der Waals surface area contributed by atoms with Crippen LogP contribution < -0.4 is 5.32 Å². The van der Waals surface area contributed by atoms with Crippen molar-refractivity contribution >= 4 is 17.7 Å². The van der Waals surface area contributed by atoms with Gasteiger partial charge in [-0.25, -0.2) is 9.78 Å². The first kappa shape index (κ1) is 21.9. The maximum Gasteiger partial charge on any atom is 0.506 e. The molecule has 0 atom stereocenters. The van der Waals surface area contributed by atoms with E-state index in [2.05, 4.69) is 10.3 Å². The fraction of sp³-hybridized carbons (Fsp3) is 0.654. The summed E-state index contributed by atoms with van der Waals surface area (Å²) in [7, 11) is 0. The van der Waals surface area contributed by atoms with E-state index in [0.717, 1.165) is 24.3 Å². The van der Waals surface area contributed by atoms with E-state index in [1.165, 1.54) is 38.5 Å². The molecule has 0 aromatic carbocycles. The highest BCUT2D eigenvalue weighted by Crippen LogP contribution is 2.59. The second-order valence-electron chi connectivity index (χ2n) is 11.3. The predicted molar refractivity (Wildman–Crippen MR) is 124 cm³/mol. The number of fused-ring (bicyclic) bond motifs is 1. The van der Waals surface area contributed by atoms with Crippen LogP contribution in [0.4, 0.5) is 4.79 Å². The highest BCUT2D eigenvalue weighted by atomic mass is 16.7. The van der Waals surface area contributed by atoms with Crippen LogP contribution in [0.1, 0.15) is 67.5 Å². The van der Waals surface area contributed by atoms with Crippen molar-refractivity contribution in [3.8, 4) is 0 Å². The Kier molecular flexibility index (Phi) is 5.32. The number of aromatic nitrogens is 2. The fourth-order valence-electron chi connectivity index (χ4n) is 7.77. The fourth-order valence-corrected chi connectivity index (χ4v) is 7.77. The third-order valence-corrected chi connectivity index (χ3v) is 8.77. The third-order valence-electron chi connectivity index (χ3n) is 8.77. The lowest BCUT2D eigenvalue weighted by Gasteiger charge is -2.56. The Labute approximate surface area is 199 Å². The van der Waals surface area contributed by atoms with E-state index < -0.39 is 11.8 Å². The molecule has 4 aliphatic carbocycles. The van der Waals surface area contributed by atoms with Crippen LogP contribution in [0.2, 0.25) is 0 Å². The molecule has 182 valence electrons. The summed E-state index contributed by atoms with van der Waals surface area (Å²) in [6, 6.07) is 5.54. The molecule has 2 aromatic heterocycles. The Morgan fingerprint density at radius 2 is 1.79 bits per heavy atom. The van der Waals surface area contributed by atoms with E-state index in [4.69, 9.17) is 9.47 Å². The lowest BCUT2D eigenvalue weighted by Crippen LogP contribution is -2.51. The molecule has 3 heterocycles. The van der Waals surface area contributed by atoms with E-state index in [9.17, 15) is 14.7 Å². The molecule has 0 unspecified atom stereocenters. The summed E-state index contributed by atoms with van der Waals surface area (Å²) < 4.78 is 12.6. The van der Waals surface area contributed by atoms with Crippen LogP contribution in [0.5, 0.6) is 0 Å². The number of ether oxygens (including phenoxy) is 2. The number of nitrogens with one attached hydrogen (secondary N) is 1. The zero-order valence-corrected chi connectivity index (χ0v) is 19.5. The monoisotopic (exact) mass is 467 g/mol. The van der Waals surface area contributed by atoms with Gasteiger partial charge in [0.25, 0.3) is 5.91 Å². The van der Waals surface area contributed by atoms with Gasteiger partial charge in [0.1, 0.15) is 16.9 Å². The lowest BCUT2D eigenvalue weighted by atomic mass is 9.49. The van der Waals surface area contributed by atoms with E-state index >= 15 is 0 Å². The summed E-state index contributed by atoms with van der Waals surface area (Å²) in [5, 5.41) is 12.5. The SMILES string of the molecule is O=C(O)OC1(Cc2cn3c(C(=O)NCC45CC6CC(CC(C6)C4)C5)cccc3n2)CCOCC1. The highest BCUT2D eigenvalue weighted by Gasteiger charge is 2.50. The normalized spacial score (nSPS) is 31.5. The molecule has 8 nitrogen and oxygen atoms in total. The zero-order valence-electron chi connectivity index (χ0n) is 19.5. The molecule has 5 fully saturated rings. The van der Waals surface area contributed by atoms with Crippen molar-refractivity contribution in [1.82, 2.24) is 14.7 Å². The van der Waals surface area contributed by atoms with Gasteiger partial charge >= 0.3 is 6.16 Å². The molecule has 5 aliphatic rings. The van der Waals surface area contributed by atoms with Gasteiger partial charge in [-0.3, -0.25) is 9.20 Å². The molecule has 7 rings (SSSR count). The summed E-state index contributed by atoms with van der Waals surface area (Å²) in [5.74, 6) is 2.49. The molecule has 4 bridgehead atoms. The summed E-state index contributed by atoms with van der Waals surface area (Å²) in [5.41, 5.74) is 1.38. The van der Waals surface area contributed by atoms with Crippen molar-refractivity contribution in [2.45, 2.75) is 63.4 Å². The standard InChI is InChI=1S/C26H33N3O5/c30-23(27-16-25-11-17-8-18(12-25)10-19(9-17)13-25)21-2-1-3-22-28-20(15-29(21)22)14-26(34-24(31)32)4-6-33-7-5-26/h1-3,15,17-19H,4-14,16H2,(H,27,30)(H,31,32). The van der Waals surface area contributed by atoms with Crippen LogP contribution >= 0.6 is 0 Å². The summed E-state index contributed by atoms with van der Waals surface area (Å²) >= 11 is 0. The average molecular weight is 468 g/mol. The molecule has 8 heteroatoms. The number of carbonyl (C=O) groups is 2. The van der Waals surface area contributed by atoms with Crippen molar-refractivity contribution < 1.29 is 24.2 Å². The average Bonchev–Trinajstić information content (AvgIpc) is 3.18. The zero-order chi connectivity index (χ0) is 23.3. The number of nitrogens with zero attached hydrogens (tertiary/aromatic N) is 2. The van der Waals surface area contributed by atoms with Crippen LogP contribution in [0.15, 0.2) is 24.4 Å². The summed E-state index contributed by atoms with van der Waals surface area (Å²) in [6.45, 7) is 1.67. The van der Waals surface area contributed by atoms with Crippen LogP contribution in [0.25, 0.3) is 5.65 Å². The second-order valence-corrected chi connectivity index (χ2v) is 11.3. The molecule has 0 spiro atoms. The highest BCUT2D eigenvalue weighted by molar-refractivity contribution is 5.93. The first-order chi connectivity index (χ1) is 16.4. The van der Waals surface area contributed by atoms with Crippen LogP contribution in [-0.2, 0) is 15.9 Å². The molecule has 4 saturated carbocycles. The number of rotatable bonds is 6. The van der Waals surface area contributed by atoms with Crippen LogP contribution in [-0.4, -0.2) is 51.9 Å². The minimum atomic E-state index is -1.28. The van der Waals surface area contributed by atoms with Crippen molar-refractivity contribution in [3.63, 3.8) is 0 Å². The van der Waals surface area contributed by atoms with E-state index in [0.29, 0.717) is 49.5 Å². The molecule has 0 radical (unpaired) electrons. The van der Waals surface area contributed by atoms with Gasteiger partial charge in [-0.1, -0.05) is 6.07 Å². The van der Waals surface area contributed by atoms with E-state index in [1.54, 1.807) is 0 Å². The molecule has 2 aromatic rings. The Morgan fingerprint density at radius 1 is 1.12 bits per heavy atom. The first-order valence-corrected chi connectivity index (χ1v) is 12.7. The first-order valence-electron chi connectivity index (χ1n) is 12.7. The maximum absolute atomic E-state index is 13.3. The third kappa shape index (κ3) is 4.06. The Bertz CT molecular complexity index is 1070. The molecule has 1 saturated heterocycles. The number of hydrogen-bond donors (Lipinski definition) is 2. The van der Waals surface area contributed by atoms with Crippen LogP contribution in [0, 0.1) is 23.2 Å². The van der Waals surface area contributed by atoms with Gasteiger partial charge in [-0.2, -0.15) is 0 Å². The van der Waals surface area contributed by atoms with Gasteiger partial charge in [0.2, 0.25) is 0 Å². The number of carboxylic acid groups (broad SMARTS) is 1.